The van der Waals surface area contributed by atoms with E-state index in [1.54, 1.807) is 31.4 Å². The van der Waals surface area contributed by atoms with Gasteiger partial charge in [0.25, 0.3) is 0 Å². The normalized spacial score (nSPS) is 17.9. The maximum atomic E-state index is 12.6. The number of hydrogen-bond acceptors (Lipinski definition) is 5. The first-order valence-electron chi connectivity index (χ1n) is 7.65. The molecule has 6 nitrogen and oxygen atoms in total. The van der Waals surface area contributed by atoms with Crippen LogP contribution in [0.5, 0.6) is 5.75 Å². The second-order valence-electron chi connectivity index (χ2n) is 5.36. The number of hydrogen-bond donors (Lipinski definition) is 1. The first-order chi connectivity index (χ1) is 12.1. The number of methoxy groups -OCH3 is 1. The summed E-state index contributed by atoms with van der Waals surface area (Å²) in [6, 6.07) is 16.0. The molecule has 3 rings (SSSR count). The number of aliphatic imine (C=N–C) groups is 1. The van der Waals surface area contributed by atoms with Crippen LogP contribution in [0.2, 0.25) is 0 Å². The number of amidine groups is 1. The molecule has 2 N–H and O–H groups in total. The molecular formula is C18H17N3O3S. The summed E-state index contributed by atoms with van der Waals surface area (Å²) in [5, 5.41) is -0.309. The largest absolute Gasteiger partial charge is 0.497 e. The standard InChI is InChI=1S/C18H17N3O3S/c1-24-14-9-7-13(8-10-14)21-16(22)11-15(17(21)23)25-18(19)20-12-5-3-2-4-6-12/h2-10,15H,11H2,1H3,(H2,19,20)/t15-/m0/s1. The Morgan fingerprint density at radius 3 is 2.48 bits per heavy atom. The van der Waals surface area contributed by atoms with Gasteiger partial charge in [0.2, 0.25) is 11.8 Å². The van der Waals surface area contributed by atoms with E-state index in [-0.39, 0.29) is 23.4 Å². The van der Waals surface area contributed by atoms with Crippen molar-refractivity contribution in [1.82, 2.24) is 0 Å². The smallest absolute Gasteiger partial charge is 0.247 e. The van der Waals surface area contributed by atoms with E-state index in [4.69, 9.17) is 10.5 Å². The number of nitrogens with two attached hydrogens (primary N) is 1. The number of para-hydroxylation sites is 1. The summed E-state index contributed by atoms with van der Waals surface area (Å²) in [5.41, 5.74) is 7.16. The summed E-state index contributed by atoms with van der Waals surface area (Å²) in [7, 11) is 1.56. The van der Waals surface area contributed by atoms with Crippen molar-refractivity contribution in [3.8, 4) is 5.75 Å². The van der Waals surface area contributed by atoms with E-state index in [2.05, 4.69) is 4.99 Å². The van der Waals surface area contributed by atoms with Crippen LogP contribution < -0.4 is 15.4 Å². The second-order valence-corrected chi connectivity index (χ2v) is 6.58. The van der Waals surface area contributed by atoms with Gasteiger partial charge in [0.1, 0.15) is 11.0 Å². The van der Waals surface area contributed by atoms with Gasteiger partial charge in [0.15, 0.2) is 5.17 Å². The molecule has 1 atom stereocenters. The van der Waals surface area contributed by atoms with Crippen molar-refractivity contribution in [3.63, 3.8) is 0 Å². The van der Waals surface area contributed by atoms with Crippen molar-refractivity contribution in [1.29, 1.82) is 0 Å². The van der Waals surface area contributed by atoms with Crippen molar-refractivity contribution in [2.24, 2.45) is 10.7 Å². The molecule has 2 amide bonds. The zero-order valence-corrected chi connectivity index (χ0v) is 14.4. The Kier molecular flexibility index (Phi) is 5.04. The molecule has 1 heterocycles. The number of ether oxygens (including phenoxy) is 1. The van der Waals surface area contributed by atoms with E-state index in [0.717, 1.165) is 11.8 Å². The average Bonchev–Trinajstić information content (AvgIpc) is 2.89. The summed E-state index contributed by atoms with van der Waals surface area (Å²) in [6.07, 6.45) is 0.0978. The maximum Gasteiger partial charge on any atom is 0.247 e. The first-order valence-corrected chi connectivity index (χ1v) is 8.53. The molecule has 2 aromatic rings. The Morgan fingerprint density at radius 2 is 1.84 bits per heavy atom. The third kappa shape index (κ3) is 3.83. The Morgan fingerprint density at radius 1 is 1.16 bits per heavy atom. The average molecular weight is 355 g/mol. The third-order valence-electron chi connectivity index (χ3n) is 3.69. The fourth-order valence-corrected chi connectivity index (χ4v) is 3.38. The summed E-state index contributed by atoms with van der Waals surface area (Å²) in [4.78, 5) is 30.3. The van der Waals surface area contributed by atoms with Crippen LogP contribution in [0, 0.1) is 0 Å². The van der Waals surface area contributed by atoms with E-state index < -0.39 is 5.25 Å². The summed E-state index contributed by atoms with van der Waals surface area (Å²) in [6.45, 7) is 0. The van der Waals surface area contributed by atoms with Gasteiger partial charge in [-0.3, -0.25) is 9.59 Å². The predicted octanol–water partition coefficient (Wildman–Crippen LogP) is 2.71. The number of carbonyl (C=O) groups excluding carboxylic acids is 2. The molecule has 1 aliphatic rings. The van der Waals surface area contributed by atoms with Crippen LogP contribution in [-0.4, -0.2) is 29.3 Å². The molecule has 2 aromatic carbocycles. The van der Waals surface area contributed by atoms with Crippen molar-refractivity contribution in [2.75, 3.05) is 12.0 Å². The highest BCUT2D eigenvalue weighted by Gasteiger charge is 2.40. The third-order valence-corrected chi connectivity index (χ3v) is 4.68. The van der Waals surface area contributed by atoms with E-state index in [9.17, 15) is 9.59 Å². The molecule has 1 fully saturated rings. The number of benzene rings is 2. The van der Waals surface area contributed by atoms with Gasteiger partial charge in [-0.2, -0.15) is 0 Å². The monoisotopic (exact) mass is 355 g/mol. The van der Waals surface area contributed by atoms with Crippen LogP contribution in [0.15, 0.2) is 59.6 Å². The van der Waals surface area contributed by atoms with Gasteiger partial charge in [-0.1, -0.05) is 30.0 Å². The van der Waals surface area contributed by atoms with Crippen molar-refractivity contribution in [2.45, 2.75) is 11.7 Å². The highest BCUT2D eigenvalue weighted by Crippen LogP contribution is 2.31. The molecule has 128 valence electrons. The zero-order chi connectivity index (χ0) is 17.8. The second kappa shape index (κ2) is 7.40. The highest BCUT2D eigenvalue weighted by molar-refractivity contribution is 8.15. The molecule has 0 unspecified atom stereocenters. The predicted molar refractivity (Wildman–Crippen MR) is 99.2 cm³/mol. The van der Waals surface area contributed by atoms with Gasteiger partial charge < -0.3 is 10.5 Å². The van der Waals surface area contributed by atoms with Crippen molar-refractivity contribution < 1.29 is 14.3 Å². The lowest BCUT2D eigenvalue weighted by Gasteiger charge is -2.15. The quantitative estimate of drug-likeness (QED) is 0.518. The van der Waals surface area contributed by atoms with Crippen molar-refractivity contribution in [3.05, 3.63) is 54.6 Å². The topological polar surface area (TPSA) is 85.0 Å². The van der Waals surface area contributed by atoms with Crippen LogP contribution in [-0.2, 0) is 9.59 Å². The maximum absolute atomic E-state index is 12.6. The van der Waals surface area contributed by atoms with E-state index in [0.29, 0.717) is 17.1 Å². The molecule has 0 aliphatic carbocycles. The molecule has 0 saturated carbocycles. The molecule has 0 spiro atoms. The number of carbonyl (C=O) groups is 2. The number of amides is 2. The first kappa shape index (κ1) is 17.0. The van der Waals surface area contributed by atoms with Crippen LogP contribution in [0.4, 0.5) is 11.4 Å². The lowest BCUT2D eigenvalue weighted by atomic mass is 10.3. The van der Waals surface area contributed by atoms with Crippen molar-refractivity contribution >= 4 is 40.1 Å². The minimum Gasteiger partial charge on any atom is -0.497 e. The molecule has 0 bridgehead atoms. The van der Waals surface area contributed by atoms with Crippen LogP contribution in [0.3, 0.4) is 0 Å². The van der Waals surface area contributed by atoms with E-state index >= 15 is 0 Å². The van der Waals surface area contributed by atoms with E-state index in [1.807, 2.05) is 30.3 Å². The summed E-state index contributed by atoms with van der Waals surface area (Å²) >= 11 is 1.11. The SMILES string of the molecule is COc1ccc(N2C(=O)C[C@H](SC(N)=Nc3ccccc3)C2=O)cc1. The van der Waals surface area contributed by atoms with Gasteiger partial charge >= 0.3 is 0 Å². The van der Waals surface area contributed by atoms with Crippen LogP contribution in [0.1, 0.15) is 6.42 Å². The Balaban J connectivity index is 1.73. The van der Waals surface area contributed by atoms with Gasteiger partial charge in [0.05, 0.1) is 18.5 Å². The molecule has 25 heavy (non-hydrogen) atoms. The van der Waals surface area contributed by atoms with Gasteiger partial charge in [-0.25, -0.2) is 9.89 Å². The lowest BCUT2D eigenvalue weighted by Crippen LogP contribution is -2.31. The van der Waals surface area contributed by atoms with Crippen LogP contribution >= 0.6 is 11.8 Å². The summed E-state index contributed by atoms with van der Waals surface area (Å²) < 4.78 is 5.09. The lowest BCUT2D eigenvalue weighted by molar-refractivity contribution is -0.121. The fourth-order valence-electron chi connectivity index (χ4n) is 2.50. The number of anilines is 1. The highest BCUT2D eigenvalue weighted by atomic mass is 32.2. The fraction of sp³-hybridized carbons (Fsp3) is 0.167. The number of rotatable bonds is 4. The van der Waals surface area contributed by atoms with E-state index in [1.165, 1.54) is 4.90 Å². The zero-order valence-electron chi connectivity index (χ0n) is 13.6. The Hall–Kier alpha value is -2.80. The molecular weight excluding hydrogens is 338 g/mol. The minimum atomic E-state index is -0.568. The molecule has 1 saturated heterocycles. The van der Waals surface area contributed by atoms with Gasteiger partial charge in [0, 0.05) is 6.42 Å². The molecule has 0 aromatic heterocycles. The van der Waals surface area contributed by atoms with Crippen LogP contribution in [0.25, 0.3) is 0 Å². The summed E-state index contributed by atoms with van der Waals surface area (Å²) in [5.74, 6) is 0.125. The van der Waals surface area contributed by atoms with Gasteiger partial charge in [-0.15, -0.1) is 0 Å². The number of thioether (sulfide) groups is 1. The number of nitrogens with zero attached hydrogens (tertiary/aromatic N) is 2. The Labute approximate surface area is 149 Å². The Bertz CT molecular complexity index is 806. The molecule has 7 heteroatoms. The number of imide groups is 1. The molecule has 1 aliphatic heterocycles. The molecule has 0 radical (unpaired) electrons. The van der Waals surface area contributed by atoms with Gasteiger partial charge in [-0.05, 0) is 36.4 Å². The minimum absolute atomic E-state index is 0.0978.